The number of fused-ring (bicyclic) bond motifs is 1. The fraction of sp³-hybridized carbons (Fsp3) is 0.643. The highest BCUT2D eigenvalue weighted by molar-refractivity contribution is 5.82. The van der Waals surface area contributed by atoms with Crippen LogP contribution < -0.4 is 5.32 Å². The predicted molar refractivity (Wildman–Crippen MR) is 76.8 cm³/mol. The predicted octanol–water partition coefficient (Wildman–Crippen LogP) is 0.857. The number of aromatic amines is 1. The lowest BCUT2D eigenvalue weighted by Crippen LogP contribution is -2.30. The molecule has 1 fully saturated rings. The molecule has 1 amide bonds. The number of rotatable bonds is 4. The average Bonchev–Trinajstić information content (AvgIpc) is 3.17. The van der Waals surface area contributed by atoms with Gasteiger partial charge in [0.25, 0.3) is 0 Å². The van der Waals surface area contributed by atoms with E-state index in [4.69, 9.17) is 0 Å². The Bertz CT molecular complexity index is 672. The summed E-state index contributed by atoms with van der Waals surface area (Å²) in [6.07, 6.45) is 5.25. The van der Waals surface area contributed by atoms with Crippen molar-refractivity contribution in [2.24, 2.45) is 0 Å². The van der Waals surface area contributed by atoms with Crippen LogP contribution in [0, 0.1) is 0 Å². The highest BCUT2D eigenvalue weighted by Gasteiger charge is 2.29. The fourth-order valence-corrected chi connectivity index (χ4v) is 2.97. The summed E-state index contributed by atoms with van der Waals surface area (Å²) >= 11 is 0. The third-order valence-electron chi connectivity index (χ3n) is 4.40. The molecule has 2 aromatic heterocycles. The molecule has 22 heavy (non-hydrogen) atoms. The standard InChI is InChI=1S/C14H19N7O/c22-14(11-3-1-2-6-21-13(11)18-19-20-21)15-8-10-7-12(17-16-10)9-4-5-9/h7,9,11H,1-6,8H2,(H,15,22)(H,16,17)/t11-/m0/s1. The lowest BCUT2D eigenvalue weighted by Gasteiger charge is -2.12. The van der Waals surface area contributed by atoms with Crippen LogP contribution >= 0.6 is 0 Å². The molecule has 0 spiro atoms. The Balaban J connectivity index is 1.41. The Morgan fingerprint density at radius 1 is 1.36 bits per heavy atom. The molecule has 8 heteroatoms. The molecule has 0 aromatic carbocycles. The second-order valence-corrected chi connectivity index (χ2v) is 6.12. The third kappa shape index (κ3) is 2.60. The van der Waals surface area contributed by atoms with E-state index in [1.807, 2.05) is 0 Å². The smallest absolute Gasteiger partial charge is 0.231 e. The molecule has 4 rings (SSSR count). The van der Waals surface area contributed by atoms with E-state index in [0.29, 0.717) is 18.3 Å². The Labute approximate surface area is 127 Å². The zero-order valence-electron chi connectivity index (χ0n) is 12.3. The van der Waals surface area contributed by atoms with Gasteiger partial charge in [0.05, 0.1) is 23.9 Å². The lowest BCUT2D eigenvalue weighted by atomic mass is 10.0. The first-order valence-electron chi connectivity index (χ1n) is 7.89. The molecule has 1 atom stereocenters. The van der Waals surface area contributed by atoms with Crippen LogP contribution in [0.5, 0.6) is 0 Å². The normalized spacial score (nSPS) is 21.2. The van der Waals surface area contributed by atoms with E-state index in [2.05, 4.69) is 37.1 Å². The number of aromatic nitrogens is 6. The molecule has 8 nitrogen and oxygen atoms in total. The molecule has 1 aliphatic carbocycles. The van der Waals surface area contributed by atoms with Gasteiger partial charge in [-0.3, -0.25) is 9.89 Å². The van der Waals surface area contributed by atoms with Crippen LogP contribution in [-0.4, -0.2) is 36.3 Å². The van der Waals surface area contributed by atoms with Gasteiger partial charge in [-0.25, -0.2) is 4.68 Å². The molecule has 2 aromatic rings. The van der Waals surface area contributed by atoms with Crippen molar-refractivity contribution < 1.29 is 4.79 Å². The zero-order chi connectivity index (χ0) is 14.9. The van der Waals surface area contributed by atoms with E-state index < -0.39 is 0 Å². The van der Waals surface area contributed by atoms with E-state index >= 15 is 0 Å². The average molecular weight is 301 g/mol. The van der Waals surface area contributed by atoms with Gasteiger partial charge in [0.15, 0.2) is 5.82 Å². The maximum Gasteiger partial charge on any atom is 0.231 e. The van der Waals surface area contributed by atoms with Crippen molar-refractivity contribution in [3.63, 3.8) is 0 Å². The molecule has 0 unspecified atom stereocenters. The molecule has 2 aliphatic rings. The van der Waals surface area contributed by atoms with Crippen molar-refractivity contribution in [3.05, 3.63) is 23.3 Å². The second kappa shape index (κ2) is 5.51. The maximum atomic E-state index is 12.5. The second-order valence-electron chi connectivity index (χ2n) is 6.12. The molecule has 1 aliphatic heterocycles. The number of hydrogen-bond acceptors (Lipinski definition) is 5. The van der Waals surface area contributed by atoms with Crippen LogP contribution in [-0.2, 0) is 17.9 Å². The summed E-state index contributed by atoms with van der Waals surface area (Å²) in [6, 6.07) is 2.05. The molecule has 0 bridgehead atoms. The number of carbonyl (C=O) groups excluding carboxylic acids is 1. The number of H-pyrrole nitrogens is 1. The van der Waals surface area contributed by atoms with Gasteiger partial charge in [-0.05, 0) is 42.2 Å². The Hall–Kier alpha value is -2.25. The summed E-state index contributed by atoms with van der Waals surface area (Å²) in [5.74, 6) is 1.02. The highest BCUT2D eigenvalue weighted by Crippen LogP contribution is 2.39. The first-order chi connectivity index (χ1) is 10.8. The minimum Gasteiger partial charge on any atom is -0.350 e. The van der Waals surface area contributed by atoms with E-state index in [1.165, 1.54) is 12.8 Å². The van der Waals surface area contributed by atoms with Gasteiger partial charge in [-0.2, -0.15) is 5.10 Å². The van der Waals surface area contributed by atoms with Crippen LogP contribution in [0.1, 0.15) is 61.2 Å². The molecule has 0 radical (unpaired) electrons. The van der Waals surface area contributed by atoms with Gasteiger partial charge < -0.3 is 5.32 Å². The first kappa shape index (κ1) is 13.4. The molecule has 0 saturated heterocycles. The van der Waals surface area contributed by atoms with Gasteiger partial charge in [0.2, 0.25) is 5.91 Å². The Kier molecular flexibility index (Phi) is 3.36. The van der Waals surface area contributed by atoms with Crippen molar-refractivity contribution >= 4 is 5.91 Å². The molecule has 3 heterocycles. The van der Waals surface area contributed by atoms with Gasteiger partial charge in [-0.15, -0.1) is 5.10 Å². The quantitative estimate of drug-likeness (QED) is 0.872. The summed E-state index contributed by atoms with van der Waals surface area (Å²) in [4.78, 5) is 12.5. The Morgan fingerprint density at radius 3 is 3.14 bits per heavy atom. The maximum absolute atomic E-state index is 12.5. The minimum atomic E-state index is -0.261. The SMILES string of the molecule is O=C(NCc1cc(C2CC2)n[nH]1)[C@H]1CCCCn2nnnc21. The summed E-state index contributed by atoms with van der Waals surface area (Å²) in [6.45, 7) is 1.26. The van der Waals surface area contributed by atoms with Gasteiger partial charge in [0, 0.05) is 12.5 Å². The van der Waals surface area contributed by atoms with Gasteiger partial charge >= 0.3 is 0 Å². The fourth-order valence-electron chi connectivity index (χ4n) is 2.97. The van der Waals surface area contributed by atoms with Crippen molar-refractivity contribution in [3.8, 4) is 0 Å². The lowest BCUT2D eigenvalue weighted by molar-refractivity contribution is -0.123. The van der Waals surface area contributed by atoms with Gasteiger partial charge in [-0.1, -0.05) is 6.42 Å². The topological polar surface area (TPSA) is 101 Å². The summed E-state index contributed by atoms with van der Waals surface area (Å²) in [5.41, 5.74) is 2.06. The number of tetrazole rings is 1. The van der Waals surface area contributed by atoms with E-state index in [-0.39, 0.29) is 11.8 Å². The third-order valence-corrected chi connectivity index (χ3v) is 4.40. The molecule has 2 N–H and O–H groups in total. The number of carbonyl (C=O) groups is 1. The molecular formula is C14H19N7O. The van der Waals surface area contributed by atoms with Crippen LogP contribution in [0.2, 0.25) is 0 Å². The van der Waals surface area contributed by atoms with Crippen LogP contribution in [0.15, 0.2) is 6.07 Å². The van der Waals surface area contributed by atoms with Crippen molar-refractivity contribution in [2.75, 3.05) is 0 Å². The summed E-state index contributed by atoms with van der Waals surface area (Å²) in [7, 11) is 0. The van der Waals surface area contributed by atoms with E-state index in [9.17, 15) is 4.79 Å². The monoisotopic (exact) mass is 301 g/mol. The Morgan fingerprint density at radius 2 is 2.27 bits per heavy atom. The van der Waals surface area contributed by atoms with Gasteiger partial charge in [0.1, 0.15) is 0 Å². The minimum absolute atomic E-state index is 0.0134. The molecular weight excluding hydrogens is 282 g/mol. The number of aryl methyl sites for hydroxylation is 1. The molecule has 116 valence electrons. The number of nitrogens with one attached hydrogen (secondary N) is 2. The van der Waals surface area contributed by atoms with Crippen LogP contribution in [0.4, 0.5) is 0 Å². The summed E-state index contributed by atoms with van der Waals surface area (Å²) in [5, 5.41) is 22.0. The number of hydrogen-bond donors (Lipinski definition) is 2. The zero-order valence-corrected chi connectivity index (χ0v) is 12.3. The molecule has 1 saturated carbocycles. The van der Waals surface area contributed by atoms with Crippen LogP contribution in [0.25, 0.3) is 0 Å². The highest BCUT2D eigenvalue weighted by atomic mass is 16.1. The van der Waals surface area contributed by atoms with Crippen molar-refractivity contribution in [1.82, 2.24) is 35.7 Å². The number of nitrogens with zero attached hydrogens (tertiary/aromatic N) is 5. The van der Waals surface area contributed by atoms with Crippen molar-refractivity contribution in [2.45, 2.75) is 57.0 Å². The first-order valence-corrected chi connectivity index (χ1v) is 7.89. The van der Waals surface area contributed by atoms with Crippen LogP contribution in [0.3, 0.4) is 0 Å². The largest absolute Gasteiger partial charge is 0.350 e. The number of amides is 1. The van der Waals surface area contributed by atoms with Crippen molar-refractivity contribution in [1.29, 1.82) is 0 Å². The summed E-state index contributed by atoms with van der Waals surface area (Å²) < 4.78 is 1.75. The van der Waals surface area contributed by atoms with E-state index in [0.717, 1.165) is 37.2 Å². The van der Waals surface area contributed by atoms with E-state index in [1.54, 1.807) is 4.68 Å².